The largest absolute Gasteiger partial charge is 0.361 e. The lowest BCUT2D eigenvalue weighted by Gasteiger charge is -2.14. The van der Waals surface area contributed by atoms with Crippen molar-refractivity contribution in [3.8, 4) is 0 Å². The topological polar surface area (TPSA) is 37.8 Å². The number of aromatic nitrogens is 2. The number of nitrogens with zero attached hydrogens (tertiary/aromatic N) is 2. The van der Waals surface area contributed by atoms with E-state index in [0.29, 0.717) is 0 Å². The van der Waals surface area contributed by atoms with Gasteiger partial charge in [-0.15, -0.1) is 11.3 Å². The third-order valence-electron chi connectivity index (χ3n) is 2.40. The highest BCUT2D eigenvalue weighted by atomic mass is 32.1. The molecule has 0 saturated heterocycles. The van der Waals surface area contributed by atoms with Gasteiger partial charge in [0.1, 0.15) is 5.82 Å². The van der Waals surface area contributed by atoms with Gasteiger partial charge in [0.25, 0.3) is 0 Å². The van der Waals surface area contributed by atoms with Crippen molar-refractivity contribution in [1.82, 2.24) is 9.97 Å². The third kappa shape index (κ3) is 2.39. The van der Waals surface area contributed by atoms with Gasteiger partial charge in [-0.1, -0.05) is 6.07 Å². The van der Waals surface area contributed by atoms with Crippen LogP contribution in [0.4, 0.5) is 5.82 Å². The number of hydrogen-bond donors (Lipinski definition) is 1. The van der Waals surface area contributed by atoms with Crippen LogP contribution in [0.1, 0.15) is 29.2 Å². The van der Waals surface area contributed by atoms with Crippen molar-refractivity contribution in [1.29, 1.82) is 0 Å². The van der Waals surface area contributed by atoms with Crippen LogP contribution >= 0.6 is 11.3 Å². The SMILES string of the molecule is Cc1cnc(C)c(NC(C)c2cccs2)n1. The first-order chi connectivity index (χ1) is 7.66. The standard InChI is InChI=1S/C12H15N3S/c1-8-7-13-10(3)12(14-8)15-9(2)11-5-4-6-16-11/h4-7,9H,1-3H3,(H,14,15). The zero-order valence-corrected chi connectivity index (χ0v) is 10.5. The van der Waals surface area contributed by atoms with Crippen LogP contribution in [-0.4, -0.2) is 9.97 Å². The lowest BCUT2D eigenvalue weighted by atomic mass is 10.2. The Morgan fingerprint density at radius 3 is 2.88 bits per heavy atom. The van der Waals surface area contributed by atoms with Crippen molar-refractivity contribution in [2.75, 3.05) is 5.32 Å². The number of hydrogen-bond acceptors (Lipinski definition) is 4. The van der Waals surface area contributed by atoms with Gasteiger partial charge in [-0.25, -0.2) is 4.98 Å². The fourth-order valence-electron chi connectivity index (χ4n) is 1.49. The minimum Gasteiger partial charge on any atom is -0.361 e. The molecular formula is C12H15N3S. The van der Waals surface area contributed by atoms with E-state index in [4.69, 9.17) is 0 Å². The Hall–Kier alpha value is -1.42. The highest BCUT2D eigenvalue weighted by Crippen LogP contribution is 2.23. The summed E-state index contributed by atoms with van der Waals surface area (Å²) >= 11 is 1.75. The molecule has 0 spiro atoms. The number of rotatable bonds is 3. The second kappa shape index (κ2) is 4.61. The van der Waals surface area contributed by atoms with Gasteiger partial charge < -0.3 is 5.32 Å². The normalized spacial score (nSPS) is 12.4. The Morgan fingerprint density at radius 2 is 2.19 bits per heavy atom. The van der Waals surface area contributed by atoms with Crippen molar-refractivity contribution in [2.45, 2.75) is 26.8 Å². The van der Waals surface area contributed by atoms with E-state index < -0.39 is 0 Å². The van der Waals surface area contributed by atoms with Gasteiger partial charge in [-0.2, -0.15) is 0 Å². The molecule has 0 aliphatic carbocycles. The minimum absolute atomic E-state index is 0.273. The smallest absolute Gasteiger partial charge is 0.148 e. The second-order valence-electron chi connectivity index (χ2n) is 3.83. The van der Waals surface area contributed by atoms with Gasteiger partial charge in [0.15, 0.2) is 0 Å². The number of nitrogens with one attached hydrogen (secondary N) is 1. The second-order valence-corrected chi connectivity index (χ2v) is 4.81. The Labute approximate surface area is 99.6 Å². The van der Waals surface area contributed by atoms with Crippen LogP contribution in [-0.2, 0) is 0 Å². The molecule has 0 aliphatic rings. The summed E-state index contributed by atoms with van der Waals surface area (Å²) in [6, 6.07) is 4.46. The van der Waals surface area contributed by atoms with E-state index in [1.165, 1.54) is 4.88 Å². The predicted molar refractivity (Wildman–Crippen MR) is 67.9 cm³/mol. The van der Waals surface area contributed by atoms with Crippen molar-refractivity contribution in [3.05, 3.63) is 40.0 Å². The molecule has 0 aliphatic heterocycles. The summed E-state index contributed by atoms with van der Waals surface area (Å²) in [6.07, 6.45) is 1.79. The molecule has 2 aromatic rings. The Morgan fingerprint density at radius 1 is 1.38 bits per heavy atom. The molecule has 3 nitrogen and oxygen atoms in total. The Kier molecular flexibility index (Phi) is 3.19. The maximum atomic E-state index is 4.45. The quantitative estimate of drug-likeness (QED) is 0.883. The summed E-state index contributed by atoms with van der Waals surface area (Å²) in [4.78, 5) is 10.1. The van der Waals surface area contributed by atoms with Gasteiger partial charge in [-0.3, -0.25) is 4.98 Å². The van der Waals surface area contributed by atoms with Gasteiger partial charge in [0, 0.05) is 11.1 Å². The van der Waals surface area contributed by atoms with Crippen LogP contribution in [0, 0.1) is 13.8 Å². The van der Waals surface area contributed by atoms with Crippen molar-refractivity contribution < 1.29 is 0 Å². The lowest BCUT2D eigenvalue weighted by molar-refractivity contribution is 0.881. The summed E-state index contributed by atoms with van der Waals surface area (Å²) in [7, 11) is 0. The maximum absolute atomic E-state index is 4.45. The molecule has 0 bridgehead atoms. The summed E-state index contributed by atoms with van der Waals surface area (Å²) in [6.45, 7) is 6.05. The first kappa shape index (κ1) is 11.1. The van der Waals surface area contributed by atoms with Crippen LogP contribution in [0.15, 0.2) is 23.7 Å². The van der Waals surface area contributed by atoms with E-state index in [2.05, 4.69) is 39.7 Å². The molecule has 2 rings (SSSR count). The molecule has 2 heterocycles. The zero-order chi connectivity index (χ0) is 11.5. The van der Waals surface area contributed by atoms with Crippen LogP contribution in [0.25, 0.3) is 0 Å². The highest BCUT2D eigenvalue weighted by molar-refractivity contribution is 7.10. The van der Waals surface area contributed by atoms with E-state index in [1.54, 1.807) is 17.5 Å². The van der Waals surface area contributed by atoms with Gasteiger partial charge in [-0.05, 0) is 32.2 Å². The Bertz CT molecular complexity index is 465. The van der Waals surface area contributed by atoms with Gasteiger partial charge >= 0.3 is 0 Å². The first-order valence-corrected chi connectivity index (χ1v) is 6.15. The molecule has 1 unspecified atom stereocenters. The fraction of sp³-hybridized carbons (Fsp3) is 0.333. The fourth-order valence-corrected chi connectivity index (χ4v) is 2.22. The summed E-state index contributed by atoms with van der Waals surface area (Å²) < 4.78 is 0. The van der Waals surface area contributed by atoms with Crippen molar-refractivity contribution in [3.63, 3.8) is 0 Å². The maximum Gasteiger partial charge on any atom is 0.148 e. The van der Waals surface area contributed by atoms with Crippen LogP contribution in [0.2, 0.25) is 0 Å². The molecule has 0 radical (unpaired) electrons. The van der Waals surface area contributed by atoms with E-state index in [-0.39, 0.29) is 6.04 Å². The summed E-state index contributed by atoms with van der Waals surface area (Å²) in [5.74, 6) is 0.876. The lowest BCUT2D eigenvalue weighted by Crippen LogP contribution is -2.09. The van der Waals surface area contributed by atoms with Crippen LogP contribution in [0.3, 0.4) is 0 Å². The molecule has 16 heavy (non-hydrogen) atoms. The van der Waals surface area contributed by atoms with Gasteiger partial charge in [0.05, 0.1) is 17.4 Å². The van der Waals surface area contributed by atoms with E-state index in [9.17, 15) is 0 Å². The molecule has 2 aromatic heterocycles. The minimum atomic E-state index is 0.273. The number of aryl methyl sites for hydroxylation is 2. The predicted octanol–water partition coefficient (Wildman–Crippen LogP) is 3.33. The Balaban J connectivity index is 2.17. The van der Waals surface area contributed by atoms with E-state index in [0.717, 1.165) is 17.2 Å². The number of thiophene rings is 1. The van der Waals surface area contributed by atoms with Gasteiger partial charge in [0.2, 0.25) is 0 Å². The average molecular weight is 233 g/mol. The molecule has 84 valence electrons. The number of anilines is 1. The zero-order valence-electron chi connectivity index (χ0n) is 9.69. The van der Waals surface area contributed by atoms with E-state index >= 15 is 0 Å². The van der Waals surface area contributed by atoms with Crippen molar-refractivity contribution >= 4 is 17.2 Å². The molecular weight excluding hydrogens is 218 g/mol. The third-order valence-corrected chi connectivity index (χ3v) is 3.45. The first-order valence-electron chi connectivity index (χ1n) is 5.27. The molecule has 0 aromatic carbocycles. The van der Waals surface area contributed by atoms with E-state index in [1.807, 2.05) is 13.8 Å². The highest BCUT2D eigenvalue weighted by Gasteiger charge is 2.09. The molecule has 1 atom stereocenters. The van der Waals surface area contributed by atoms with Crippen LogP contribution in [0.5, 0.6) is 0 Å². The summed E-state index contributed by atoms with van der Waals surface area (Å²) in [5.41, 5.74) is 1.88. The molecule has 0 saturated carbocycles. The molecule has 0 amide bonds. The molecule has 0 fully saturated rings. The molecule has 1 N–H and O–H groups in total. The van der Waals surface area contributed by atoms with Crippen molar-refractivity contribution in [2.24, 2.45) is 0 Å². The van der Waals surface area contributed by atoms with Crippen LogP contribution < -0.4 is 5.32 Å². The monoisotopic (exact) mass is 233 g/mol. The molecule has 4 heteroatoms. The summed E-state index contributed by atoms with van der Waals surface area (Å²) in [5, 5.41) is 5.48. The average Bonchev–Trinajstić information content (AvgIpc) is 2.76.